The van der Waals surface area contributed by atoms with Crippen LogP contribution < -0.4 is 11.2 Å². The van der Waals surface area contributed by atoms with Gasteiger partial charge >= 0.3 is 6.16 Å². The van der Waals surface area contributed by atoms with Gasteiger partial charge in [-0.05, 0) is 45.4 Å². The second kappa shape index (κ2) is 7.73. The highest BCUT2D eigenvalue weighted by Gasteiger charge is 2.20. The summed E-state index contributed by atoms with van der Waals surface area (Å²) in [6, 6.07) is 5.72. The Morgan fingerprint density at radius 2 is 1.74 bits per heavy atom. The summed E-state index contributed by atoms with van der Waals surface area (Å²) < 4.78 is 4.94. The van der Waals surface area contributed by atoms with Crippen LogP contribution >= 0.6 is 0 Å². The number of Topliss-reactive ketones (excluding diaryl/α,β-unsaturated/α-hetero) is 1. The summed E-state index contributed by atoms with van der Waals surface area (Å²) in [5.41, 5.74) is 7.94. The normalized spacial score (nSPS) is 12.3. The number of carbonyl (C=O) groups excluding carboxylic acids is 3. The number of nitrogens with two attached hydrogens (primary N) is 1. The minimum atomic E-state index is -0.900. The van der Waals surface area contributed by atoms with E-state index in [0.29, 0.717) is 5.56 Å². The molecule has 1 amide bonds. The second-order valence-corrected chi connectivity index (χ2v) is 6.11. The zero-order valence-electron chi connectivity index (χ0n) is 13.7. The van der Waals surface area contributed by atoms with Gasteiger partial charge in [-0.25, -0.2) is 4.79 Å². The Labute approximate surface area is 135 Å². The first-order valence-corrected chi connectivity index (χ1v) is 7.15. The largest absolute Gasteiger partial charge is 0.528 e. The number of ether oxygens (including phenoxy) is 1. The molecule has 3 N–H and O–H groups in total. The van der Waals surface area contributed by atoms with Crippen molar-refractivity contribution in [3.63, 3.8) is 0 Å². The van der Waals surface area contributed by atoms with E-state index in [2.05, 4.69) is 5.48 Å². The second-order valence-electron chi connectivity index (χ2n) is 6.11. The average molecular weight is 322 g/mol. The van der Waals surface area contributed by atoms with Crippen LogP contribution in [0.3, 0.4) is 0 Å². The Morgan fingerprint density at radius 3 is 2.22 bits per heavy atom. The van der Waals surface area contributed by atoms with Crippen LogP contribution in [0.25, 0.3) is 0 Å². The van der Waals surface area contributed by atoms with Gasteiger partial charge in [0, 0.05) is 12.0 Å². The van der Waals surface area contributed by atoms with E-state index >= 15 is 0 Å². The molecule has 23 heavy (non-hydrogen) atoms. The molecule has 0 unspecified atom stereocenters. The summed E-state index contributed by atoms with van der Waals surface area (Å²) in [4.78, 5) is 39.1. The highest BCUT2D eigenvalue weighted by molar-refractivity contribution is 5.93. The van der Waals surface area contributed by atoms with Crippen molar-refractivity contribution in [2.24, 2.45) is 5.73 Å². The van der Waals surface area contributed by atoms with E-state index in [1.807, 2.05) is 0 Å². The van der Waals surface area contributed by atoms with E-state index in [1.54, 1.807) is 52.0 Å². The van der Waals surface area contributed by atoms with Gasteiger partial charge in [-0.2, -0.15) is 0 Å². The SMILES string of the molecule is C[C@H](NOC(=O)OC(C)(C)C)C(=O)Cc1ccc(C(N)=O)cc1. The Bertz CT molecular complexity index is 575. The predicted octanol–water partition coefficient (Wildman–Crippen LogP) is 1.74. The first-order chi connectivity index (χ1) is 10.6. The van der Waals surface area contributed by atoms with Crippen molar-refractivity contribution in [1.82, 2.24) is 5.48 Å². The Morgan fingerprint density at radius 1 is 1.17 bits per heavy atom. The summed E-state index contributed by atoms with van der Waals surface area (Å²) in [6.07, 6.45) is -0.770. The molecule has 0 aliphatic carbocycles. The van der Waals surface area contributed by atoms with E-state index in [1.165, 1.54) is 0 Å². The average Bonchev–Trinajstić information content (AvgIpc) is 2.43. The monoisotopic (exact) mass is 322 g/mol. The molecular formula is C16H22N2O5. The summed E-state index contributed by atoms with van der Waals surface area (Å²) >= 11 is 0. The van der Waals surface area contributed by atoms with Gasteiger partial charge in [-0.15, -0.1) is 5.48 Å². The number of benzene rings is 1. The molecule has 0 fully saturated rings. The lowest BCUT2D eigenvalue weighted by Gasteiger charge is -2.19. The molecule has 0 saturated carbocycles. The fraction of sp³-hybridized carbons (Fsp3) is 0.438. The minimum absolute atomic E-state index is 0.130. The van der Waals surface area contributed by atoms with Crippen LogP contribution in [0.1, 0.15) is 43.6 Å². The van der Waals surface area contributed by atoms with E-state index in [0.717, 1.165) is 5.56 Å². The molecule has 0 aliphatic heterocycles. The van der Waals surface area contributed by atoms with Crippen molar-refractivity contribution < 1.29 is 24.0 Å². The van der Waals surface area contributed by atoms with E-state index < -0.39 is 23.7 Å². The number of carbonyl (C=O) groups is 3. The minimum Gasteiger partial charge on any atom is -0.427 e. The lowest BCUT2D eigenvalue weighted by molar-refractivity contribution is -0.123. The zero-order chi connectivity index (χ0) is 17.6. The number of ketones is 1. The van der Waals surface area contributed by atoms with Gasteiger partial charge in [-0.1, -0.05) is 12.1 Å². The highest BCUT2D eigenvalue weighted by Crippen LogP contribution is 2.08. The van der Waals surface area contributed by atoms with E-state index in [4.69, 9.17) is 15.3 Å². The van der Waals surface area contributed by atoms with Crippen LogP contribution in [0.15, 0.2) is 24.3 Å². The topological polar surface area (TPSA) is 108 Å². The van der Waals surface area contributed by atoms with Crippen LogP contribution in [0.4, 0.5) is 4.79 Å². The number of amides is 1. The number of hydrogen-bond acceptors (Lipinski definition) is 6. The molecule has 1 atom stereocenters. The Hall–Kier alpha value is -2.41. The molecule has 0 saturated heterocycles. The number of hydrogen-bond donors (Lipinski definition) is 2. The Balaban J connectivity index is 2.47. The molecule has 1 aromatic rings. The van der Waals surface area contributed by atoms with Crippen molar-refractivity contribution >= 4 is 17.8 Å². The van der Waals surface area contributed by atoms with E-state index in [9.17, 15) is 14.4 Å². The van der Waals surface area contributed by atoms with Gasteiger partial charge in [0.25, 0.3) is 0 Å². The zero-order valence-corrected chi connectivity index (χ0v) is 13.7. The molecule has 0 radical (unpaired) electrons. The number of hydroxylamine groups is 1. The molecule has 1 aromatic carbocycles. The molecule has 126 valence electrons. The van der Waals surface area contributed by atoms with Crippen LogP contribution in [0.5, 0.6) is 0 Å². The summed E-state index contributed by atoms with van der Waals surface area (Å²) in [6.45, 7) is 6.69. The first kappa shape index (κ1) is 18.6. The third-order valence-corrected chi connectivity index (χ3v) is 2.81. The highest BCUT2D eigenvalue weighted by atomic mass is 16.8. The van der Waals surface area contributed by atoms with Crippen molar-refractivity contribution in [3.8, 4) is 0 Å². The maximum Gasteiger partial charge on any atom is 0.528 e. The molecule has 0 bridgehead atoms. The standard InChI is InChI=1S/C16H22N2O5/c1-10(18-23-15(21)22-16(2,3)4)13(19)9-11-5-7-12(8-6-11)14(17)20/h5-8,10,18H,9H2,1-4H3,(H2,17,20)/t10-/m0/s1. The predicted molar refractivity (Wildman–Crippen MR) is 83.6 cm³/mol. The molecule has 0 aromatic heterocycles. The van der Waals surface area contributed by atoms with E-state index in [-0.39, 0.29) is 12.2 Å². The number of primary amides is 1. The molecule has 7 heteroatoms. The van der Waals surface area contributed by atoms with Gasteiger partial charge in [0.15, 0.2) is 5.78 Å². The molecule has 0 heterocycles. The molecule has 0 aliphatic rings. The van der Waals surface area contributed by atoms with Gasteiger partial charge < -0.3 is 15.3 Å². The van der Waals surface area contributed by atoms with Crippen molar-refractivity contribution in [2.45, 2.75) is 45.8 Å². The molecule has 1 rings (SSSR count). The first-order valence-electron chi connectivity index (χ1n) is 7.15. The summed E-state index contributed by atoms with van der Waals surface area (Å²) in [7, 11) is 0. The van der Waals surface area contributed by atoms with Crippen molar-refractivity contribution in [1.29, 1.82) is 0 Å². The maximum atomic E-state index is 12.0. The Kier molecular flexibility index (Phi) is 6.27. The maximum absolute atomic E-state index is 12.0. The van der Waals surface area contributed by atoms with Gasteiger partial charge in [0.1, 0.15) is 5.60 Å². The van der Waals surface area contributed by atoms with Gasteiger partial charge in [-0.3, -0.25) is 9.59 Å². The lowest BCUT2D eigenvalue weighted by Crippen LogP contribution is -2.38. The quantitative estimate of drug-likeness (QED) is 0.610. The number of rotatable bonds is 6. The fourth-order valence-corrected chi connectivity index (χ4v) is 1.61. The van der Waals surface area contributed by atoms with Crippen LogP contribution in [0.2, 0.25) is 0 Å². The van der Waals surface area contributed by atoms with Gasteiger partial charge in [0.05, 0.1) is 6.04 Å². The third-order valence-electron chi connectivity index (χ3n) is 2.81. The van der Waals surface area contributed by atoms with Crippen LogP contribution in [-0.4, -0.2) is 29.5 Å². The lowest BCUT2D eigenvalue weighted by atomic mass is 10.0. The molecule has 0 spiro atoms. The smallest absolute Gasteiger partial charge is 0.427 e. The molecular weight excluding hydrogens is 300 g/mol. The summed E-state index contributed by atoms with van der Waals surface area (Å²) in [5.74, 6) is -0.705. The van der Waals surface area contributed by atoms with Crippen molar-refractivity contribution in [3.05, 3.63) is 35.4 Å². The molecule has 7 nitrogen and oxygen atoms in total. The summed E-state index contributed by atoms with van der Waals surface area (Å²) in [5, 5.41) is 0. The fourth-order valence-electron chi connectivity index (χ4n) is 1.61. The van der Waals surface area contributed by atoms with Crippen LogP contribution in [0, 0.1) is 0 Å². The van der Waals surface area contributed by atoms with Gasteiger partial charge in [0.2, 0.25) is 5.91 Å². The van der Waals surface area contributed by atoms with Crippen molar-refractivity contribution in [2.75, 3.05) is 0 Å². The third kappa shape index (κ3) is 6.92. The number of nitrogens with one attached hydrogen (secondary N) is 1. The van der Waals surface area contributed by atoms with Crippen LogP contribution in [-0.2, 0) is 20.8 Å².